The van der Waals surface area contributed by atoms with Crippen LogP contribution in [0.3, 0.4) is 0 Å². The summed E-state index contributed by atoms with van der Waals surface area (Å²) in [6.45, 7) is 3.80. The zero-order valence-corrected chi connectivity index (χ0v) is 18.2. The monoisotopic (exact) mass is 459 g/mol. The maximum atomic E-state index is 13.0. The number of nitrogens with zero attached hydrogens (tertiary/aromatic N) is 3. The summed E-state index contributed by atoms with van der Waals surface area (Å²) < 4.78 is 7.99. The predicted molar refractivity (Wildman–Crippen MR) is 121 cm³/mol. The van der Waals surface area contributed by atoms with Crippen molar-refractivity contribution in [1.29, 1.82) is 0 Å². The highest BCUT2D eigenvalue weighted by Crippen LogP contribution is 2.35. The summed E-state index contributed by atoms with van der Waals surface area (Å²) in [7, 11) is 0. The molecule has 0 unspecified atom stereocenters. The Morgan fingerprint density at radius 3 is 2.53 bits per heavy atom. The average Bonchev–Trinajstić information content (AvgIpc) is 3.36. The van der Waals surface area contributed by atoms with Gasteiger partial charge in [0.05, 0.1) is 9.83 Å². The smallest absolute Gasteiger partial charge is 0.288 e. The lowest BCUT2D eigenvalue weighted by atomic mass is 10.1. The number of hydrogen-bond donors (Lipinski definition) is 0. The van der Waals surface area contributed by atoms with E-state index in [4.69, 9.17) is 28.2 Å². The summed E-state index contributed by atoms with van der Waals surface area (Å²) >= 11 is 12.5. The number of carbonyl (C=O) groups is 1. The third kappa shape index (κ3) is 3.55. The molecular weight excluding hydrogens is 446 g/mol. The van der Waals surface area contributed by atoms with Crippen LogP contribution in [-0.4, -0.2) is 19.8 Å². The topological polar surface area (TPSA) is 81.5 Å². The molecule has 2 aromatic heterocycles. The molecule has 0 aliphatic carbocycles. The number of thioether (sulfide) groups is 1. The van der Waals surface area contributed by atoms with Crippen molar-refractivity contribution in [2.75, 3.05) is 5.01 Å². The molecule has 1 aliphatic heterocycles. The number of aryl methyl sites for hydroxylation is 2. The zero-order valence-electron chi connectivity index (χ0n) is 15.8. The van der Waals surface area contributed by atoms with Crippen LogP contribution in [0.1, 0.15) is 17.1 Å². The molecule has 1 saturated heterocycles. The SMILES string of the molecule is Cc1ccc(C)n1N1C(=O)C(=Cc2ccc(-c3ccc(Cl)c([N+](=O)[O-])c3)o2)SC1=S. The summed E-state index contributed by atoms with van der Waals surface area (Å²) in [6, 6.07) is 11.6. The van der Waals surface area contributed by atoms with Crippen molar-refractivity contribution < 1.29 is 14.1 Å². The van der Waals surface area contributed by atoms with Crippen LogP contribution in [0, 0.1) is 24.0 Å². The second-order valence-electron chi connectivity index (χ2n) is 6.55. The van der Waals surface area contributed by atoms with Gasteiger partial charge >= 0.3 is 0 Å². The Labute approximate surface area is 186 Å². The molecule has 1 amide bonds. The summed E-state index contributed by atoms with van der Waals surface area (Å²) in [5.74, 6) is 0.616. The van der Waals surface area contributed by atoms with Gasteiger partial charge in [0, 0.05) is 29.1 Å². The highest BCUT2D eigenvalue weighted by molar-refractivity contribution is 8.27. The minimum atomic E-state index is -0.549. The minimum absolute atomic E-state index is 0.0507. The first-order valence-electron chi connectivity index (χ1n) is 8.73. The van der Waals surface area contributed by atoms with Crippen LogP contribution in [0.5, 0.6) is 0 Å². The number of thiocarbonyl (C=S) groups is 1. The number of aromatic nitrogens is 1. The van der Waals surface area contributed by atoms with Gasteiger partial charge in [-0.15, -0.1) is 0 Å². The standard InChI is InChI=1S/C20H14ClN3O4S2/c1-11-3-4-12(2)22(11)23-19(25)18(30-20(23)29)10-14-6-8-17(28-14)13-5-7-15(21)16(9-13)24(26)27/h3-10H,1-2H3. The van der Waals surface area contributed by atoms with Gasteiger partial charge in [0.2, 0.25) is 0 Å². The molecule has 4 rings (SSSR count). The largest absolute Gasteiger partial charge is 0.457 e. The lowest BCUT2D eigenvalue weighted by Crippen LogP contribution is -2.39. The molecule has 1 aromatic carbocycles. The maximum absolute atomic E-state index is 13.0. The zero-order chi connectivity index (χ0) is 21.6. The van der Waals surface area contributed by atoms with Gasteiger partial charge in [-0.2, -0.15) is 5.01 Å². The van der Waals surface area contributed by atoms with E-state index in [0.717, 1.165) is 11.4 Å². The Morgan fingerprint density at radius 2 is 1.87 bits per heavy atom. The van der Waals surface area contributed by atoms with Crippen molar-refractivity contribution in [2.24, 2.45) is 0 Å². The van der Waals surface area contributed by atoms with Gasteiger partial charge in [0.1, 0.15) is 16.5 Å². The Bertz CT molecular complexity index is 1230. The third-order valence-corrected chi connectivity index (χ3v) is 6.14. The highest BCUT2D eigenvalue weighted by Gasteiger charge is 2.35. The van der Waals surface area contributed by atoms with E-state index in [1.165, 1.54) is 28.9 Å². The second-order valence-corrected chi connectivity index (χ2v) is 8.63. The molecule has 1 fully saturated rings. The summed E-state index contributed by atoms with van der Waals surface area (Å²) in [5, 5.41) is 12.6. The van der Waals surface area contributed by atoms with E-state index < -0.39 is 4.92 Å². The van der Waals surface area contributed by atoms with E-state index in [0.29, 0.717) is 26.3 Å². The lowest BCUT2D eigenvalue weighted by Gasteiger charge is -2.20. The number of nitro benzene ring substituents is 1. The van der Waals surface area contributed by atoms with Crippen molar-refractivity contribution in [3.8, 4) is 11.3 Å². The molecule has 0 atom stereocenters. The average molecular weight is 460 g/mol. The normalized spacial score (nSPS) is 15.4. The number of hydrogen-bond acceptors (Lipinski definition) is 6. The van der Waals surface area contributed by atoms with Crippen molar-refractivity contribution in [2.45, 2.75) is 13.8 Å². The van der Waals surface area contributed by atoms with Crippen molar-refractivity contribution in [1.82, 2.24) is 4.68 Å². The first-order valence-corrected chi connectivity index (χ1v) is 10.3. The molecule has 0 saturated carbocycles. The maximum Gasteiger partial charge on any atom is 0.288 e. The van der Waals surface area contributed by atoms with Crippen LogP contribution < -0.4 is 5.01 Å². The third-order valence-electron chi connectivity index (χ3n) is 4.53. The van der Waals surface area contributed by atoms with Gasteiger partial charge in [-0.05, 0) is 62.5 Å². The first-order chi connectivity index (χ1) is 14.3. The van der Waals surface area contributed by atoms with E-state index in [-0.39, 0.29) is 16.6 Å². The van der Waals surface area contributed by atoms with E-state index in [2.05, 4.69) is 0 Å². The first kappa shape index (κ1) is 20.4. The fourth-order valence-electron chi connectivity index (χ4n) is 3.13. The van der Waals surface area contributed by atoms with Crippen molar-refractivity contribution in [3.63, 3.8) is 0 Å². The molecule has 0 radical (unpaired) electrons. The molecule has 0 bridgehead atoms. The van der Waals surface area contributed by atoms with Crippen LogP contribution in [-0.2, 0) is 4.79 Å². The fraction of sp³-hybridized carbons (Fsp3) is 0.100. The van der Waals surface area contributed by atoms with Crippen LogP contribution in [0.2, 0.25) is 5.02 Å². The number of benzene rings is 1. The van der Waals surface area contributed by atoms with E-state index in [9.17, 15) is 14.9 Å². The molecule has 7 nitrogen and oxygen atoms in total. The molecule has 152 valence electrons. The fourth-order valence-corrected chi connectivity index (χ4v) is 4.54. The Balaban J connectivity index is 1.64. The Kier molecular flexibility index (Phi) is 5.27. The number of nitro groups is 1. The van der Waals surface area contributed by atoms with E-state index in [1.807, 2.05) is 26.0 Å². The van der Waals surface area contributed by atoms with Gasteiger partial charge in [-0.3, -0.25) is 19.6 Å². The van der Waals surface area contributed by atoms with E-state index in [1.54, 1.807) is 29.0 Å². The summed E-state index contributed by atoms with van der Waals surface area (Å²) in [6.07, 6.45) is 1.61. The van der Waals surface area contributed by atoms with E-state index >= 15 is 0 Å². The molecule has 3 heterocycles. The number of halogens is 1. The lowest BCUT2D eigenvalue weighted by molar-refractivity contribution is -0.384. The molecular formula is C20H14ClN3O4S2. The minimum Gasteiger partial charge on any atom is -0.457 e. The number of rotatable bonds is 4. The van der Waals surface area contributed by atoms with Gasteiger partial charge in [-0.1, -0.05) is 23.4 Å². The molecule has 0 N–H and O–H groups in total. The van der Waals surface area contributed by atoms with Crippen LogP contribution in [0.25, 0.3) is 17.4 Å². The van der Waals surface area contributed by atoms with Gasteiger partial charge in [0.15, 0.2) is 4.32 Å². The summed E-state index contributed by atoms with van der Waals surface area (Å²) in [5.41, 5.74) is 2.10. The molecule has 1 aliphatic rings. The molecule has 0 spiro atoms. The van der Waals surface area contributed by atoms with Gasteiger partial charge < -0.3 is 4.42 Å². The van der Waals surface area contributed by atoms with Crippen LogP contribution >= 0.6 is 35.6 Å². The second kappa shape index (κ2) is 7.75. The Morgan fingerprint density at radius 1 is 1.17 bits per heavy atom. The number of carbonyl (C=O) groups excluding carboxylic acids is 1. The van der Waals surface area contributed by atoms with Crippen molar-refractivity contribution in [3.05, 3.63) is 79.7 Å². The van der Waals surface area contributed by atoms with Crippen LogP contribution in [0.15, 0.2) is 51.8 Å². The van der Waals surface area contributed by atoms with Gasteiger partial charge in [0.25, 0.3) is 11.6 Å². The summed E-state index contributed by atoms with van der Waals surface area (Å²) in [4.78, 5) is 23.9. The van der Waals surface area contributed by atoms with Gasteiger partial charge in [-0.25, -0.2) is 0 Å². The van der Waals surface area contributed by atoms with Crippen molar-refractivity contribution >= 4 is 57.6 Å². The highest BCUT2D eigenvalue weighted by atomic mass is 35.5. The number of amides is 1. The molecule has 30 heavy (non-hydrogen) atoms. The van der Waals surface area contributed by atoms with Crippen LogP contribution in [0.4, 0.5) is 5.69 Å². The Hall–Kier alpha value is -2.88. The quantitative estimate of drug-likeness (QED) is 0.223. The number of furan rings is 1. The molecule has 10 heteroatoms. The molecule has 3 aromatic rings. The predicted octanol–water partition coefficient (Wildman–Crippen LogP) is 5.46.